The van der Waals surface area contributed by atoms with Crippen molar-refractivity contribution in [3.8, 4) is 0 Å². The molecular weight excluding hydrogens is 342 g/mol. The van der Waals surface area contributed by atoms with Crippen molar-refractivity contribution in [1.82, 2.24) is 14.4 Å². The lowest BCUT2D eigenvalue weighted by atomic mass is 10.2. The van der Waals surface area contributed by atoms with E-state index in [0.717, 1.165) is 18.5 Å². The number of carbonyl (C=O) groups excluding carboxylic acids is 2. The summed E-state index contributed by atoms with van der Waals surface area (Å²) in [4.78, 5) is 29.2. The Morgan fingerprint density at radius 3 is 2.52 bits per heavy atom. The summed E-state index contributed by atoms with van der Waals surface area (Å²) >= 11 is 0. The predicted molar refractivity (Wildman–Crippen MR) is 105 cm³/mol. The van der Waals surface area contributed by atoms with Gasteiger partial charge in [0, 0.05) is 32.0 Å². The van der Waals surface area contributed by atoms with E-state index in [1.165, 1.54) is 6.26 Å². The molecule has 2 heterocycles. The van der Waals surface area contributed by atoms with Gasteiger partial charge in [-0.1, -0.05) is 27.2 Å². The summed E-state index contributed by atoms with van der Waals surface area (Å²) in [5.74, 6) is 0.349. The molecule has 0 aromatic carbocycles. The molecule has 6 heteroatoms. The molecule has 6 nitrogen and oxygen atoms in total. The Hall–Kier alpha value is -2.50. The first-order valence-electron chi connectivity index (χ1n) is 9.63. The van der Waals surface area contributed by atoms with Crippen molar-refractivity contribution in [3.05, 3.63) is 48.2 Å². The van der Waals surface area contributed by atoms with E-state index in [1.807, 2.05) is 34.8 Å². The number of hydrogen-bond donors (Lipinski definition) is 0. The summed E-state index contributed by atoms with van der Waals surface area (Å²) in [6, 6.07) is 7.32. The van der Waals surface area contributed by atoms with Gasteiger partial charge in [-0.2, -0.15) is 0 Å². The molecule has 0 atom stereocenters. The van der Waals surface area contributed by atoms with Gasteiger partial charge in [-0.15, -0.1) is 0 Å². The second-order valence-corrected chi connectivity index (χ2v) is 7.34. The molecule has 2 aromatic heterocycles. The van der Waals surface area contributed by atoms with Crippen molar-refractivity contribution >= 4 is 11.8 Å². The first-order valence-corrected chi connectivity index (χ1v) is 9.63. The molecule has 27 heavy (non-hydrogen) atoms. The number of aryl methyl sites for hydroxylation is 1. The van der Waals surface area contributed by atoms with Crippen LogP contribution < -0.4 is 0 Å². The molecule has 0 radical (unpaired) electrons. The molecule has 0 aliphatic rings. The zero-order chi connectivity index (χ0) is 19.8. The lowest BCUT2D eigenvalue weighted by molar-refractivity contribution is -0.133. The van der Waals surface area contributed by atoms with Crippen molar-refractivity contribution < 1.29 is 14.0 Å². The van der Waals surface area contributed by atoms with Crippen LogP contribution in [0.2, 0.25) is 0 Å². The molecule has 0 N–H and O–H groups in total. The Balaban J connectivity index is 2.12. The summed E-state index contributed by atoms with van der Waals surface area (Å²) in [5.41, 5.74) is 1.07. The molecule has 0 bridgehead atoms. The van der Waals surface area contributed by atoms with Crippen LogP contribution in [0, 0.1) is 5.92 Å². The summed E-state index contributed by atoms with van der Waals surface area (Å²) < 4.78 is 7.26. The summed E-state index contributed by atoms with van der Waals surface area (Å²) in [6.45, 7) is 8.05. The van der Waals surface area contributed by atoms with Crippen molar-refractivity contribution in [2.45, 2.75) is 40.2 Å². The topological polar surface area (TPSA) is 58.7 Å². The second kappa shape index (κ2) is 10.00. The highest BCUT2D eigenvalue weighted by atomic mass is 16.3. The number of amides is 2. The van der Waals surface area contributed by atoms with Gasteiger partial charge >= 0.3 is 0 Å². The molecule has 0 saturated carbocycles. The van der Waals surface area contributed by atoms with E-state index in [-0.39, 0.29) is 24.1 Å². The summed E-state index contributed by atoms with van der Waals surface area (Å²) in [5, 5.41) is 0. The number of aromatic nitrogens is 1. The van der Waals surface area contributed by atoms with Crippen molar-refractivity contribution in [1.29, 1.82) is 0 Å². The molecule has 148 valence electrons. The lowest BCUT2D eigenvalue weighted by Gasteiger charge is -2.28. The normalized spacial score (nSPS) is 11.0. The third kappa shape index (κ3) is 6.01. The number of unbranched alkanes of at least 4 members (excludes halogenated alkanes) is 1. The van der Waals surface area contributed by atoms with Gasteiger partial charge in [0.1, 0.15) is 6.54 Å². The van der Waals surface area contributed by atoms with Gasteiger partial charge < -0.3 is 18.8 Å². The summed E-state index contributed by atoms with van der Waals surface area (Å²) in [6.07, 6.45) is 5.26. The second-order valence-electron chi connectivity index (χ2n) is 7.34. The Kier molecular flexibility index (Phi) is 7.70. The molecule has 0 aliphatic carbocycles. The van der Waals surface area contributed by atoms with Gasteiger partial charge in [-0.25, -0.2) is 0 Å². The number of carbonyl (C=O) groups is 2. The van der Waals surface area contributed by atoms with Crippen LogP contribution in [0.3, 0.4) is 0 Å². The molecule has 0 aliphatic heterocycles. The Morgan fingerprint density at radius 1 is 1.19 bits per heavy atom. The Labute approximate surface area is 161 Å². The van der Waals surface area contributed by atoms with Crippen molar-refractivity contribution in [3.63, 3.8) is 0 Å². The van der Waals surface area contributed by atoms with Crippen molar-refractivity contribution in [2.24, 2.45) is 13.0 Å². The van der Waals surface area contributed by atoms with E-state index in [4.69, 9.17) is 4.42 Å². The highest BCUT2D eigenvalue weighted by Crippen LogP contribution is 2.12. The maximum atomic E-state index is 13.1. The Bertz CT molecular complexity index is 719. The fraction of sp³-hybridized carbons (Fsp3) is 0.524. The minimum Gasteiger partial charge on any atom is -0.459 e. The molecule has 2 amide bonds. The average molecular weight is 373 g/mol. The number of furan rings is 1. The van der Waals surface area contributed by atoms with E-state index >= 15 is 0 Å². The van der Waals surface area contributed by atoms with E-state index in [9.17, 15) is 9.59 Å². The van der Waals surface area contributed by atoms with Crippen molar-refractivity contribution in [2.75, 3.05) is 19.6 Å². The zero-order valence-corrected chi connectivity index (χ0v) is 16.9. The largest absolute Gasteiger partial charge is 0.459 e. The molecule has 2 aromatic rings. The molecule has 0 fully saturated rings. The van der Waals surface area contributed by atoms with Crippen LogP contribution in [-0.4, -0.2) is 45.8 Å². The zero-order valence-electron chi connectivity index (χ0n) is 16.9. The van der Waals surface area contributed by atoms with Gasteiger partial charge in [0.25, 0.3) is 5.91 Å². The highest BCUT2D eigenvalue weighted by molar-refractivity contribution is 5.94. The third-order valence-corrected chi connectivity index (χ3v) is 4.47. The molecule has 0 unspecified atom stereocenters. The average Bonchev–Trinajstić information content (AvgIpc) is 3.29. The van der Waals surface area contributed by atoms with Crippen LogP contribution >= 0.6 is 0 Å². The SMILES string of the molecule is CCCCN(CC(=O)N(Cc1cccn1C)CC(C)C)C(=O)c1ccco1. The van der Waals surface area contributed by atoms with Gasteiger partial charge in [0.2, 0.25) is 5.91 Å². The highest BCUT2D eigenvalue weighted by Gasteiger charge is 2.24. The lowest BCUT2D eigenvalue weighted by Crippen LogP contribution is -2.44. The first kappa shape index (κ1) is 20.8. The standard InChI is InChI=1S/C21H31N3O3/c1-5-6-12-23(21(26)19-10-8-13-27-19)16-20(25)24(14-17(2)3)15-18-9-7-11-22(18)4/h7-11,13,17H,5-6,12,14-16H2,1-4H3. The van der Waals surface area contributed by atoms with Gasteiger partial charge in [0.15, 0.2) is 5.76 Å². The van der Waals surface area contributed by atoms with Crippen LogP contribution in [-0.2, 0) is 18.4 Å². The fourth-order valence-electron chi connectivity index (χ4n) is 2.97. The minimum absolute atomic E-state index is 0.0408. The third-order valence-electron chi connectivity index (χ3n) is 4.47. The van der Waals surface area contributed by atoms with E-state index in [1.54, 1.807) is 17.0 Å². The monoisotopic (exact) mass is 373 g/mol. The van der Waals surface area contributed by atoms with E-state index in [0.29, 0.717) is 25.6 Å². The van der Waals surface area contributed by atoms with Crippen LogP contribution in [0.1, 0.15) is 49.9 Å². The first-order chi connectivity index (χ1) is 12.9. The smallest absolute Gasteiger partial charge is 0.290 e. The van der Waals surface area contributed by atoms with E-state index < -0.39 is 0 Å². The molecule has 2 rings (SSSR count). The number of rotatable bonds is 10. The van der Waals surface area contributed by atoms with Crippen LogP contribution in [0.25, 0.3) is 0 Å². The number of hydrogen-bond acceptors (Lipinski definition) is 3. The summed E-state index contributed by atoms with van der Waals surface area (Å²) in [7, 11) is 1.97. The minimum atomic E-state index is -0.231. The molecular formula is C21H31N3O3. The Morgan fingerprint density at radius 2 is 1.96 bits per heavy atom. The molecule has 0 saturated heterocycles. The van der Waals surface area contributed by atoms with Crippen LogP contribution in [0.15, 0.2) is 41.1 Å². The fourth-order valence-corrected chi connectivity index (χ4v) is 2.97. The molecule has 0 spiro atoms. The quantitative estimate of drug-likeness (QED) is 0.640. The van der Waals surface area contributed by atoms with Gasteiger partial charge in [0.05, 0.1) is 12.8 Å². The van der Waals surface area contributed by atoms with Gasteiger partial charge in [-0.05, 0) is 36.6 Å². The van der Waals surface area contributed by atoms with Gasteiger partial charge in [-0.3, -0.25) is 9.59 Å². The maximum Gasteiger partial charge on any atom is 0.290 e. The van der Waals surface area contributed by atoms with Crippen LogP contribution in [0.4, 0.5) is 0 Å². The maximum absolute atomic E-state index is 13.1. The number of nitrogens with zero attached hydrogens (tertiary/aromatic N) is 3. The van der Waals surface area contributed by atoms with Crippen LogP contribution in [0.5, 0.6) is 0 Å². The van der Waals surface area contributed by atoms with E-state index in [2.05, 4.69) is 20.8 Å². The predicted octanol–water partition coefficient (Wildman–Crippen LogP) is 3.55.